The number of hydrogen-bond acceptors (Lipinski definition) is 26. The maximum Gasteiger partial charge on any atom is 0.407 e. The lowest BCUT2D eigenvalue weighted by Crippen LogP contribution is -2.64. The quantitative estimate of drug-likeness (QED) is 0.0129. The summed E-state index contributed by atoms with van der Waals surface area (Å²) in [5, 5.41) is 111. The van der Waals surface area contributed by atoms with Gasteiger partial charge >= 0.3 is 6.09 Å². The maximum atomic E-state index is 15.0. The molecule has 0 unspecified atom stereocenters. The summed E-state index contributed by atoms with van der Waals surface area (Å²) in [4.78, 5) is 119. The van der Waals surface area contributed by atoms with Crippen molar-refractivity contribution in [1.82, 2.24) is 51.8 Å². The fourth-order valence-electron chi connectivity index (χ4n) is 12.7. The van der Waals surface area contributed by atoms with Crippen LogP contribution >= 0.6 is 12.3 Å². The van der Waals surface area contributed by atoms with Crippen molar-refractivity contribution in [2.24, 2.45) is 5.92 Å². The smallest absolute Gasteiger partial charge is 0.407 e. The molecule has 1 aromatic heterocycles. The van der Waals surface area contributed by atoms with E-state index < -0.39 is 177 Å². The van der Waals surface area contributed by atoms with Crippen molar-refractivity contribution in [3.8, 4) is 39.8 Å². The van der Waals surface area contributed by atoms with E-state index >= 15 is 4.79 Å². The molecule has 8 rings (SSSR count). The Morgan fingerprint density at radius 2 is 1.44 bits per heavy atom. The fourth-order valence-corrected chi connectivity index (χ4v) is 12.9. The Balaban J connectivity index is 1.01. The number of aliphatic hydroxyl groups is 6. The number of hydrogen-bond donors (Lipinski definition) is 14. The predicted octanol–water partition coefficient (Wildman–Crippen LogP) is 0.767. The van der Waals surface area contributed by atoms with Crippen LogP contribution in [0.4, 0.5) is 4.79 Å². The summed E-state index contributed by atoms with van der Waals surface area (Å²) in [5.74, 6) is -8.63. The van der Waals surface area contributed by atoms with Gasteiger partial charge in [0.2, 0.25) is 35.4 Å². The summed E-state index contributed by atoms with van der Waals surface area (Å²) < 4.78 is 31.9. The second kappa shape index (κ2) is 38.1. The Morgan fingerprint density at radius 3 is 2.15 bits per heavy atom. The van der Waals surface area contributed by atoms with Crippen LogP contribution in [0.1, 0.15) is 95.0 Å². The first-order valence-electron chi connectivity index (χ1n) is 33.8. The van der Waals surface area contributed by atoms with Crippen LogP contribution in [0.2, 0.25) is 0 Å². The van der Waals surface area contributed by atoms with Crippen LogP contribution in [-0.2, 0) is 54.0 Å². The zero-order chi connectivity index (χ0) is 73.7. The van der Waals surface area contributed by atoms with Gasteiger partial charge in [-0.05, 0) is 101 Å². The Bertz CT molecular complexity index is 3470. The van der Waals surface area contributed by atoms with Gasteiger partial charge in [0.05, 0.1) is 55.4 Å². The third-order valence-electron chi connectivity index (χ3n) is 17.9. The fraction of sp³-hybridized carbons (Fsp3) is 0.544. The molecular weight excluding hydrogens is 1360 g/mol. The van der Waals surface area contributed by atoms with Crippen molar-refractivity contribution >= 4 is 59.8 Å². The Hall–Kier alpha value is -8.52. The van der Waals surface area contributed by atoms with Gasteiger partial charge in [-0.2, -0.15) is 0 Å². The lowest BCUT2D eigenvalue weighted by Gasteiger charge is -2.35. The molecular formula is C68H92N10O23S. The van der Waals surface area contributed by atoms with Gasteiger partial charge in [-0.15, -0.1) is 0 Å². The molecule has 4 aliphatic heterocycles. The number of unbranched alkanes of at least 4 members (excludes halogenated alkanes) is 4. The molecule has 34 heteroatoms. The third-order valence-corrected chi connectivity index (χ3v) is 18.3. The van der Waals surface area contributed by atoms with Crippen molar-refractivity contribution in [1.29, 1.82) is 0 Å². The van der Waals surface area contributed by atoms with Gasteiger partial charge in [0, 0.05) is 87.2 Å². The number of phenols is 1. The molecule has 4 fully saturated rings. The van der Waals surface area contributed by atoms with E-state index in [1.165, 1.54) is 31.2 Å². The number of carbonyl (C=O) groups is 8. The molecule has 4 aromatic rings. The lowest BCUT2D eigenvalue weighted by atomic mass is 9.98. The predicted molar refractivity (Wildman–Crippen MR) is 363 cm³/mol. The van der Waals surface area contributed by atoms with Crippen molar-refractivity contribution in [2.75, 3.05) is 59.0 Å². The minimum Gasteiger partial charge on any atom is -0.504 e. The zero-order valence-electron chi connectivity index (χ0n) is 57.0. The van der Waals surface area contributed by atoms with E-state index in [-0.39, 0.29) is 54.6 Å². The first kappa shape index (κ1) is 79.2. The number of alkyl carbamates (subject to hydrolysis) is 1. The van der Waals surface area contributed by atoms with Gasteiger partial charge in [0.25, 0.3) is 18.2 Å². The summed E-state index contributed by atoms with van der Waals surface area (Å²) in [5.41, 5.74) is 1.75. The highest BCUT2D eigenvalue weighted by atomic mass is 32.2. The van der Waals surface area contributed by atoms with Gasteiger partial charge in [0.15, 0.2) is 17.3 Å². The number of rotatable bonds is 27. The Kier molecular flexibility index (Phi) is 29.6. The number of fused-ring (bicyclic) bond motifs is 2. The van der Waals surface area contributed by atoms with E-state index in [4.69, 9.17) is 28.2 Å². The second-order valence-corrected chi connectivity index (χ2v) is 26.4. The number of amides is 8. The largest absolute Gasteiger partial charge is 0.504 e. The third kappa shape index (κ3) is 22.0. The highest BCUT2D eigenvalue weighted by Crippen LogP contribution is 2.33. The van der Waals surface area contributed by atoms with Crippen LogP contribution in [0.3, 0.4) is 0 Å². The first-order valence-corrected chi connectivity index (χ1v) is 34.5. The van der Waals surface area contributed by atoms with Crippen molar-refractivity contribution < 1.29 is 112 Å². The molecule has 4 saturated heterocycles. The van der Waals surface area contributed by atoms with Crippen molar-refractivity contribution in [2.45, 2.75) is 171 Å². The average molecular weight is 1450 g/mol. The number of aromatic nitrogens is 1. The van der Waals surface area contributed by atoms with Gasteiger partial charge in [0.1, 0.15) is 54.3 Å². The number of carbonyl (C=O) groups excluding carboxylic acids is 8. The molecule has 0 saturated carbocycles. The number of nitrogens with one attached hydrogen (secondary N) is 6. The summed E-state index contributed by atoms with van der Waals surface area (Å²) in [6.45, 7) is 11.6. The van der Waals surface area contributed by atoms with E-state index in [2.05, 4.69) is 71.8 Å². The van der Waals surface area contributed by atoms with E-state index in [0.29, 0.717) is 29.4 Å². The van der Waals surface area contributed by atoms with E-state index in [1.54, 1.807) is 18.2 Å². The number of nitrogens with zero attached hydrogens (tertiary/aromatic N) is 4. The zero-order valence-corrected chi connectivity index (χ0v) is 57.8. The summed E-state index contributed by atoms with van der Waals surface area (Å²) in [6, 6.07) is 7.04. The van der Waals surface area contributed by atoms with Gasteiger partial charge < -0.3 is 100 Å². The van der Waals surface area contributed by atoms with Gasteiger partial charge in [-0.1, -0.05) is 71.6 Å². The molecule has 4 aliphatic rings. The molecule has 0 radical (unpaired) electrons. The molecule has 5 heterocycles. The van der Waals surface area contributed by atoms with Crippen molar-refractivity contribution in [3.63, 3.8) is 0 Å². The molecule has 3 aromatic carbocycles. The minimum atomic E-state index is -2.18. The van der Waals surface area contributed by atoms with Crippen LogP contribution in [0.15, 0.2) is 90.0 Å². The van der Waals surface area contributed by atoms with Crippen LogP contribution in [0, 0.1) is 5.92 Å². The number of aliphatic hydroxyl groups excluding tert-OH is 6. The maximum absolute atomic E-state index is 15.0. The highest BCUT2D eigenvalue weighted by Gasteiger charge is 2.50. The number of ether oxygens (including phenoxy) is 3. The monoisotopic (exact) mass is 1450 g/mol. The molecule has 0 aliphatic carbocycles. The topological polar surface area (TPSA) is 462 Å². The van der Waals surface area contributed by atoms with Crippen molar-refractivity contribution in [3.05, 3.63) is 96.6 Å². The number of phenolic OH excluding ortho intramolecular Hbond substituents is 1. The SMILES string of the molecule is C=CCOC(=O)NCC[C@@H](O)[C@@H]1NC(=O)[C@H]([C@H](O)Cc2ccc(O)c(OSOOO)c2)NC(=O)[C@@H]2C[C@H](O)CN2C(=O)[C@H]([C@H](C)O)NC(=O)[C@@H](NC(=O)c2ccc(-c3cc(-c4ccc(OCCCCCCCN5C[C@@H](C)O[C@@H](C)C5)cc4)on3)cc2)C[C@H](O)CNC(=O)[C@@H]2[C@@H](O)[C@H](C)CN2C1=O. The van der Waals surface area contributed by atoms with E-state index in [1.807, 2.05) is 24.3 Å². The highest BCUT2D eigenvalue weighted by molar-refractivity contribution is 7.90. The number of aromatic hydroxyl groups is 1. The average Bonchev–Trinajstić information content (AvgIpc) is 1.62. The molecule has 8 amide bonds. The van der Waals surface area contributed by atoms with Gasteiger partial charge in [-0.25, -0.2) is 10.1 Å². The summed E-state index contributed by atoms with van der Waals surface area (Å²) in [6.07, 6.45) is -6.69. The van der Waals surface area contributed by atoms with E-state index in [0.717, 1.165) is 86.2 Å². The molecule has 0 spiro atoms. The summed E-state index contributed by atoms with van der Waals surface area (Å²) >= 11 is 0.0613. The molecule has 102 heavy (non-hydrogen) atoms. The minimum absolute atomic E-state index is 0.00996. The van der Waals surface area contributed by atoms with Crippen LogP contribution < -0.4 is 40.8 Å². The molecule has 558 valence electrons. The molecule has 0 bridgehead atoms. The first-order chi connectivity index (χ1) is 48.8. The summed E-state index contributed by atoms with van der Waals surface area (Å²) in [7, 11) is 0. The normalized spacial score (nSPS) is 25.8. The number of benzene rings is 3. The Labute approximate surface area is 592 Å². The lowest BCUT2D eigenvalue weighted by molar-refractivity contribution is -0.433. The number of β-amino-alcohol motifs (C(OH)–C–C–N with tert-alkyl or cyclic N) is 1. The number of morpholine rings is 1. The van der Waals surface area contributed by atoms with Crippen LogP contribution in [-0.4, -0.2) is 252 Å². The van der Waals surface area contributed by atoms with Gasteiger partial charge in [-0.3, -0.25) is 38.5 Å². The van der Waals surface area contributed by atoms with Crippen LogP contribution in [0.5, 0.6) is 17.2 Å². The molecule has 14 N–H and O–H groups in total. The molecule has 33 nitrogen and oxygen atoms in total. The Morgan fingerprint density at radius 1 is 0.765 bits per heavy atom. The standard InChI is InChI=1S/C68H92N10O23S/c1-6-25-96-68(93)69-23-22-52(83)58-67(92)78-33-37(2)60(85)59(78)65(90)70-32-45(80)29-49(62(87)72-56(40(5)79)66(91)77-36-46(81)30-50(77)63(88)73-57(64(89)74-58)53(84)27-41-12-21-51(82)55(28-41)99-102-101-100-94)71-61(86)44-15-13-42(14-16-44)48-31-54(98-75-48)43-17-19-47(20-18-43)95-26-11-9-7-8-10-24-76-34-38(3)97-39(4)35-76/h6,12-21,28,31,37-40,45-46,49-50,52-53,56-60,79-85,94H,1,7-11,22-27,29-30,32-36H2,2-5H3,(H,69,93)(H,70,90)(H,71,86)(H,72,87)(H,73,88)(H,74,89)/t37-,38-,39+,40+,45+,46+,49+,50+,52-,53-,56+,57+,58+,59+,60+/m1/s1. The van der Waals surface area contributed by atoms with Crippen LogP contribution in [0.25, 0.3) is 22.6 Å². The second-order valence-electron chi connectivity index (χ2n) is 26.0. The molecule has 15 atom stereocenters. The van der Waals surface area contributed by atoms with E-state index in [9.17, 15) is 69.3 Å².